The summed E-state index contributed by atoms with van der Waals surface area (Å²) >= 11 is 1.37. The maximum Gasteiger partial charge on any atom is 0.234 e. The number of rotatable bonds is 0. The molecule has 1 aliphatic rings. The van der Waals surface area contributed by atoms with Crippen LogP contribution in [-0.4, -0.2) is 11.7 Å². The number of nitrogens with one attached hydrogen (secondary N) is 1. The molecular formula is C11H14FNOS. The Balaban J connectivity index is 0.000000531. The second-order valence-corrected chi connectivity index (χ2v) is 3.95. The maximum absolute atomic E-state index is 13.1. The molecule has 2 rings (SSSR count). The highest BCUT2D eigenvalue weighted by Gasteiger charge is 2.16. The van der Waals surface area contributed by atoms with Crippen molar-refractivity contribution in [2.24, 2.45) is 0 Å². The van der Waals surface area contributed by atoms with E-state index in [0.29, 0.717) is 11.3 Å². The standard InChI is InChI=1S/C9H8FNOS.C2H6/c1-5-2-7-8(3-6(5)10)13-4-9(12)11-7;1-2/h2-3H,4H2,1H3,(H,11,12);1-2H3. The Labute approximate surface area is 93.3 Å². The van der Waals surface area contributed by atoms with Crippen molar-refractivity contribution in [3.05, 3.63) is 23.5 Å². The van der Waals surface area contributed by atoms with Crippen LogP contribution in [0.5, 0.6) is 0 Å². The predicted molar refractivity (Wildman–Crippen MR) is 61.8 cm³/mol. The third-order valence-corrected chi connectivity index (χ3v) is 2.95. The van der Waals surface area contributed by atoms with Crippen molar-refractivity contribution >= 4 is 23.4 Å². The van der Waals surface area contributed by atoms with Crippen LogP contribution in [0, 0.1) is 12.7 Å². The minimum atomic E-state index is -0.220. The molecule has 1 N–H and O–H groups in total. The van der Waals surface area contributed by atoms with Crippen LogP contribution in [0.1, 0.15) is 19.4 Å². The molecule has 0 aromatic heterocycles. The lowest BCUT2D eigenvalue weighted by molar-refractivity contribution is -0.113. The van der Waals surface area contributed by atoms with Crippen LogP contribution in [-0.2, 0) is 4.79 Å². The van der Waals surface area contributed by atoms with Gasteiger partial charge in [-0.25, -0.2) is 4.39 Å². The van der Waals surface area contributed by atoms with Crippen molar-refractivity contribution < 1.29 is 9.18 Å². The van der Waals surface area contributed by atoms with Crippen LogP contribution in [0.4, 0.5) is 10.1 Å². The fourth-order valence-corrected chi connectivity index (χ4v) is 2.02. The smallest absolute Gasteiger partial charge is 0.234 e. The number of anilines is 1. The summed E-state index contributed by atoms with van der Waals surface area (Å²) in [4.78, 5) is 11.8. The lowest BCUT2D eigenvalue weighted by Crippen LogP contribution is -2.18. The van der Waals surface area contributed by atoms with Crippen molar-refractivity contribution in [3.63, 3.8) is 0 Å². The summed E-state index contributed by atoms with van der Waals surface area (Å²) in [5.41, 5.74) is 1.28. The lowest BCUT2D eigenvalue weighted by Gasteiger charge is -2.16. The Morgan fingerprint density at radius 1 is 1.40 bits per heavy atom. The molecule has 0 saturated heterocycles. The van der Waals surface area contributed by atoms with Crippen LogP contribution in [0.15, 0.2) is 17.0 Å². The van der Waals surface area contributed by atoms with Crippen molar-refractivity contribution in [1.82, 2.24) is 0 Å². The van der Waals surface area contributed by atoms with Crippen LogP contribution in [0.25, 0.3) is 0 Å². The highest BCUT2D eigenvalue weighted by molar-refractivity contribution is 8.00. The number of hydrogen-bond donors (Lipinski definition) is 1. The van der Waals surface area contributed by atoms with Gasteiger partial charge in [0, 0.05) is 4.90 Å². The second kappa shape index (κ2) is 5.16. The molecular weight excluding hydrogens is 213 g/mol. The molecule has 1 heterocycles. The van der Waals surface area contributed by atoms with E-state index in [0.717, 1.165) is 10.6 Å². The third-order valence-electron chi connectivity index (χ3n) is 1.89. The topological polar surface area (TPSA) is 29.1 Å². The maximum atomic E-state index is 13.1. The van der Waals surface area contributed by atoms with Crippen molar-refractivity contribution in [1.29, 1.82) is 0 Å². The number of carbonyl (C=O) groups is 1. The summed E-state index contributed by atoms with van der Waals surface area (Å²) in [6.45, 7) is 5.68. The van der Waals surface area contributed by atoms with Gasteiger partial charge in [0.15, 0.2) is 0 Å². The Morgan fingerprint density at radius 3 is 2.73 bits per heavy atom. The first-order valence-corrected chi connectivity index (χ1v) is 5.88. The number of amides is 1. The van der Waals surface area contributed by atoms with Gasteiger partial charge in [-0.05, 0) is 24.6 Å². The van der Waals surface area contributed by atoms with Gasteiger partial charge in [-0.15, -0.1) is 11.8 Å². The van der Waals surface area contributed by atoms with E-state index < -0.39 is 0 Å². The molecule has 0 saturated carbocycles. The molecule has 0 unspecified atom stereocenters. The van der Waals surface area contributed by atoms with Crippen molar-refractivity contribution in [2.75, 3.05) is 11.1 Å². The largest absolute Gasteiger partial charge is 0.324 e. The second-order valence-electron chi connectivity index (χ2n) is 2.93. The quantitative estimate of drug-likeness (QED) is 0.737. The minimum absolute atomic E-state index is 0.0245. The van der Waals surface area contributed by atoms with E-state index in [4.69, 9.17) is 0 Å². The van der Waals surface area contributed by atoms with E-state index in [1.807, 2.05) is 13.8 Å². The summed E-state index contributed by atoms with van der Waals surface area (Å²) < 4.78 is 13.1. The van der Waals surface area contributed by atoms with Crippen LogP contribution < -0.4 is 5.32 Å². The fraction of sp³-hybridized carbons (Fsp3) is 0.364. The van der Waals surface area contributed by atoms with Gasteiger partial charge >= 0.3 is 0 Å². The van der Waals surface area contributed by atoms with Gasteiger partial charge in [-0.3, -0.25) is 4.79 Å². The summed E-state index contributed by atoms with van der Waals surface area (Å²) in [7, 11) is 0. The molecule has 0 fully saturated rings. The zero-order chi connectivity index (χ0) is 11.4. The monoisotopic (exact) mass is 227 g/mol. The van der Waals surface area contributed by atoms with Gasteiger partial charge in [0.25, 0.3) is 0 Å². The Kier molecular flexibility index (Phi) is 4.15. The Hall–Kier alpha value is -1.03. The van der Waals surface area contributed by atoms with Gasteiger partial charge < -0.3 is 5.32 Å². The zero-order valence-electron chi connectivity index (χ0n) is 9.06. The Morgan fingerprint density at radius 2 is 2.07 bits per heavy atom. The van der Waals surface area contributed by atoms with Crippen LogP contribution >= 0.6 is 11.8 Å². The van der Waals surface area contributed by atoms with Crippen molar-refractivity contribution in [2.45, 2.75) is 25.7 Å². The molecule has 1 aromatic carbocycles. The zero-order valence-corrected chi connectivity index (χ0v) is 9.87. The van der Waals surface area contributed by atoms with E-state index >= 15 is 0 Å². The van der Waals surface area contributed by atoms with Gasteiger partial charge in [0.1, 0.15) is 5.82 Å². The highest BCUT2D eigenvalue weighted by atomic mass is 32.2. The summed E-state index contributed by atoms with van der Waals surface area (Å²) in [5.74, 6) is 0.126. The van der Waals surface area contributed by atoms with E-state index in [2.05, 4.69) is 5.32 Å². The van der Waals surface area contributed by atoms with Crippen LogP contribution in [0.3, 0.4) is 0 Å². The van der Waals surface area contributed by atoms with Gasteiger partial charge in [-0.1, -0.05) is 13.8 Å². The molecule has 1 aliphatic heterocycles. The van der Waals surface area contributed by atoms with Crippen LogP contribution in [0.2, 0.25) is 0 Å². The van der Waals surface area contributed by atoms with Crippen molar-refractivity contribution in [3.8, 4) is 0 Å². The SMILES string of the molecule is CC.Cc1cc2c(cc1F)SCC(=O)N2. The molecule has 82 valence electrons. The fourth-order valence-electron chi connectivity index (χ4n) is 1.21. The number of hydrogen-bond acceptors (Lipinski definition) is 2. The molecule has 15 heavy (non-hydrogen) atoms. The molecule has 0 radical (unpaired) electrons. The predicted octanol–water partition coefficient (Wildman–Crippen LogP) is 3.20. The third kappa shape index (κ3) is 2.72. The highest BCUT2D eigenvalue weighted by Crippen LogP contribution is 2.32. The average Bonchev–Trinajstić information content (AvgIpc) is 2.23. The minimum Gasteiger partial charge on any atom is -0.324 e. The molecule has 0 spiro atoms. The van der Waals surface area contributed by atoms with Gasteiger partial charge in [-0.2, -0.15) is 0 Å². The van der Waals surface area contributed by atoms with E-state index in [9.17, 15) is 9.18 Å². The number of aryl methyl sites for hydroxylation is 1. The first-order chi connectivity index (χ1) is 7.16. The number of thioether (sulfide) groups is 1. The summed E-state index contributed by atoms with van der Waals surface area (Å²) in [6, 6.07) is 3.13. The molecule has 0 bridgehead atoms. The molecule has 0 atom stereocenters. The summed E-state index contributed by atoms with van der Waals surface area (Å²) in [6.07, 6.45) is 0. The molecule has 2 nitrogen and oxygen atoms in total. The van der Waals surface area contributed by atoms with Gasteiger partial charge in [0.2, 0.25) is 5.91 Å². The summed E-state index contributed by atoms with van der Waals surface area (Å²) in [5, 5.41) is 2.70. The van der Waals surface area contributed by atoms with E-state index in [1.54, 1.807) is 13.0 Å². The average molecular weight is 227 g/mol. The van der Waals surface area contributed by atoms with Gasteiger partial charge in [0.05, 0.1) is 11.4 Å². The molecule has 0 aliphatic carbocycles. The van der Waals surface area contributed by atoms with E-state index in [1.165, 1.54) is 17.8 Å². The number of benzene rings is 1. The Bertz CT molecular complexity index is 379. The lowest BCUT2D eigenvalue weighted by atomic mass is 10.2. The molecule has 1 amide bonds. The van der Waals surface area contributed by atoms with E-state index in [-0.39, 0.29) is 11.7 Å². The molecule has 4 heteroatoms. The first-order valence-electron chi connectivity index (χ1n) is 4.89. The number of halogens is 1. The number of fused-ring (bicyclic) bond motifs is 1. The normalized spacial score (nSPS) is 13.5. The first kappa shape index (κ1) is 12.0. The number of carbonyl (C=O) groups excluding carboxylic acids is 1. The molecule has 1 aromatic rings.